The summed E-state index contributed by atoms with van der Waals surface area (Å²) in [4.78, 5) is 0. The Kier molecular flexibility index (Phi) is 4.59. The van der Waals surface area contributed by atoms with Crippen LogP contribution < -0.4 is 14.8 Å². The van der Waals surface area contributed by atoms with E-state index < -0.39 is 0 Å². The van der Waals surface area contributed by atoms with Crippen molar-refractivity contribution < 1.29 is 9.47 Å². The first kappa shape index (κ1) is 13.5. The summed E-state index contributed by atoms with van der Waals surface area (Å²) in [5.74, 6) is 1.75. The molecule has 1 aliphatic heterocycles. The zero-order valence-electron chi connectivity index (χ0n) is 12.0. The Bertz CT molecular complexity index is 482. The standard InChI is InChI=1S/C17H23NO2/c1-2-4-14(5-3-1)8-9-18-13-15-6-7-16-17(12-15)20-11-10-19-16/h4,6-7,12,18H,1-3,5,8-11,13H2. The molecule has 0 spiro atoms. The minimum absolute atomic E-state index is 0.651. The van der Waals surface area contributed by atoms with Crippen molar-refractivity contribution in [3.63, 3.8) is 0 Å². The third-order valence-corrected chi connectivity index (χ3v) is 3.94. The summed E-state index contributed by atoms with van der Waals surface area (Å²) < 4.78 is 11.1. The maximum absolute atomic E-state index is 5.60. The molecule has 0 aromatic heterocycles. The molecule has 0 bridgehead atoms. The molecule has 1 heterocycles. The average Bonchev–Trinajstić information content (AvgIpc) is 2.52. The lowest BCUT2D eigenvalue weighted by Crippen LogP contribution is -2.17. The van der Waals surface area contributed by atoms with E-state index in [0.717, 1.165) is 24.6 Å². The highest BCUT2D eigenvalue weighted by molar-refractivity contribution is 5.43. The quantitative estimate of drug-likeness (QED) is 0.658. The summed E-state index contributed by atoms with van der Waals surface area (Å²) in [6, 6.07) is 6.21. The molecule has 1 aromatic rings. The van der Waals surface area contributed by atoms with Gasteiger partial charge in [0.05, 0.1) is 0 Å². The van der Waals surface area contributed by atoms with Crippen molar-refractivity contribution in [2.45, 2.75) is 38.6 Å². The predicted molar refractivity (Wildman–Crippen MR) is 80.3 cm³/mol. The average molecular weight is 273 g/mol. The van der Waals surface area contributed by atoms with Gasteiger partial charge in [-0.2, -0.15) is 0 Å². The van der Waals surface area contributed by atoms with Crippen molar-refractivity contribution in [1.29, 1.82) is 0 Å². The summed E-state index contributed by atoms with van der Waals surface area (Å²) in [6.45, 7) is 3.25. The predicted octanol–water partition coefficient (Wildman–Crippen LogP) is 3.44. The van der Waals surface area contributed by atoms with Crippen molar-refractivity contribution in [3.8, 4) is 11.5 Å². The first-order chi connectivity index (χ1) is 9.92. The Balaban J connectivity index is 1.45. The second kappa shape index (κ2) is 6.80. The summed E-state index contributed by atoms with van der Waals surface area (Å²) in [7, 11) is 0. The number of ether oxygens (including phenoxy) is 2. The summed E-state index contributed by atoms with van der Waals surface area (Å²) in [5.41, 5.74) is 2.89. The van der Waals surface area contributed by atoms with Crippen molar-refractivity contribution in [2.24, 2.45) is 0 Å². The summed E-state index contributed by atoms with van der Waals surface area (Å²) >= 11 is 0. The van der Waals surface area contributed by atoms with E-state index in [9.17, 15) is 0 Å². The van der Waals surface area contributed by atoms with Gasteiger partial charge in [0.2, 0.25) is 0 Å². The molecule has 1 aromatic carbocycles. The molecule has 20 heavy (non-hydrogen) atoms. The molecule has 3 heteroatoms. The molecule has 3 nitrogen and oxygen atoms in total. The largest absolute Gasteiger partial charge is 0.486 e. The van der Waals surface area contributed by atoms with Gasteiger partial charge in [0, 0.05) is 6.54 Å². The maximum Gasteiger partial charge on any atom is 0.161 e. The van der Waals surface area contributed by atoms with Crippen LogP contribution in [-0.2, 0) is 6.54 Å². The van der Waals surface area contributed by atoms with Crippen LogP contribution in [0.1, 0.15) is 37.7 Å². The number of nitrogens with one attached hydrogen (secondary N) is 1. The van der Waals surface area contributed by atoms with E-state index in [1.165, 1.54) is 37.7 Å². The monoisotopic (exact) mass is 273 g/mol. The smallest absolute Gasteiger partial charge is 0.161 e. The summed E-state index contributed by atoms with van der Waals surface area (Å²) in [6.07, 6.45) is 8.92. The van der Waals surface area contributed by atoms with Crippen LogP contribution in [0.3, 0.4) is 0 Å². The normalized spacial score (nSPS) is 17.7. The lowest BCUT2D eigenvalue weighted by Gasteiger charge is -2.19. The van der Waals surface area contributed by atoms with Gasteiger partial charge in [-0.25, -0.2) is 0 Å². The van der Waals surface area contributed by atoms with Gasteiger partial charge in [0.25, 0.3) is 0 Å². The Morgan fingerprint density at radius 2 is 1.95 bits per heavy atom. The lowest BCUT2D eigenvalue weighted by molar-refractivity contribution is 0.171. The SMILES string of the molecule is C1=C(CCNCc2ccc3c(c2)OCCO3)CCCC1. The highest BCUT2D eigenvalue weighted by Crippen LogP contribution is 2.30. The number of benzene rings is 1. The highest BCUT2D eigenvalue weighted by Gasteiger charge is 2.11. The molecular weight excluding hydrogens is 250 g/mol. The van der Waals surface area contributed by atoms with Crippen LogP contribution in [0, 0.1) is 0 Å². The van der Waals surface area contributed by atoms with E-state index in [-0.39, 0.29) is 0 Å². The Hall–Kier alpha value is -1.48. The van der Waals surface area contributed by atoms with Crippen molar-refractivity contribution in [1.82, 2.24) is 5.32 Å². The third-order valence-electron chi connectivity index (χ3n) is 3.94. The second-order valence-corrected chi connectivity index (χ2v) is 5.51. The summed E-state index contributed by atoms with van der Waals surface area (Å²) in [5, 5.41) is 3.52. The van der Waals surface area contributed by atoms with Gasteiger partial charge in [-0.15, -0.1) is 0 Å². The molecule has 0 unspecified atom stereocenters. The van der Waals surface area contributed by atoms with E-state index in [1.54, 1.807) is 5.57 Å². The topological polar surface area (TPSA) is 30.5 Å². The van der Waals surface area contributed by atoms with E-state index in [4.69, 9.17) is 9.47 Å². The molecule has 0 amide bonds. The number of rotatable bonds is 5. The third kappa shape index (κ3) is 3.54. The Morgan fingerprint density at radius 1 is 1.05 bits per heavy atom. The Labute approximate surface area is 121 Å². The second-order valence-electron chi connectivity index (χ2n) is 5.51. The van der Waals surface area contributed by atoms with Gasteiger partial charge in [0.1, 0.15) is 13.2 Å². The molecule has 0 radical (unpaired) electrons. The van der Waals surface area contributed by atoms with Gasteiger partial charge >= 0.3 is 0 Å². The van der Waals surface area contributed by atoms with Crippen LogP contribution in [0.15, 0.2) is 29.8 Å². The van der Waals surface area contributed by atoms with Gasteiger partial charge in [0.15, 0.2) is 11.5 Å². The first-order valence-corrected chi connectivity index (χ1v) is 7.69. The number of fused-ring (bicyclic) bond motifs is 1. The van der Waals surface area contributed by atoms with Crippen LogP contribution in [0.5, 0.6) is 11.5 Å². The molecule has 2 aliphatic rings. The molecule has 0 saturated heterocycles. The first-order valence-electron chi connectivity index (χ1n) is 7.69. The number of allylic oxidation sites excluding steroid dienone is 1. The molecule has 1 aliphatic carbocycles. The van der Waals surface area contributed by atoms with E-state index in [1.807, 2.05) is 6.07 Å². The van der Waals surface area contributed by atoms with Gasteiger partial charge in [-0.05, 0) is 56.3 Å². The van der Waals surface area contributed by atoms with E-state index in [0.29, 0.717) is 13.2 Å². The van der Waals surface area contributed by atoms with Gasteiger partial charge < -0.3 is 14.8 Å². The van der Waals surface area contributed by atoms with Crippen LogP contribution in [-0.4, -0.2) is 19.8 Å². The van der Waals surface area contributed by atoms with E-state index >= 15 is 0 Å². The molecule has 0 atom stereocenters. The molecule has 1 N–H and O–H groups in total. The minimum atomic E-state index is 0.651. The Morgan fingerprint density at radius 3 is 2.80 bits per heavy atom. The molecular formula is C17H23NO2. The lowest BCUT2D eigenvalue weighted by atomic mass is 9.97. The fourth-order valence-electron chi connectivity index (χ4n) is 2.81. The molecule has 0 saturated carbocycles. The number of hydrogen-bond acceptors (Lipinski definition) is 3. The fourth-order valence-corrected chi connectivity index (χ4v) is 2.81. The van der Waals surface area contributed by atoms with Gasteiger partial charge in [-0.3, -0.25) is 0 Å². The van der Waals surface area contributed by atoms with Crippen LogP contribution in [0.25, 0.3) is 0 Å². The molecule has 0 fully saturated rings. The maximum atomic E-state index is 5.60. The van der Waals surface area contributed by atoms with Crippen molar-refractivity contribution in [3.05, 3.63) is 35.4 Å². The van der Waals surface area contributed by atoms with Crippen molar-refractivity contribution in [2.75, 3.05) is 19.8 Å². The zero-order valence-corrected chi connectivity index (χ0v) is 12.0. The zero-order chi connectivity index (χ0) is 13.6. The van der Waals surface area contributed by atoms with Crippen molar-refractivity contribution >= 4 is 0 Å². The van der Waals surface area contributed by atoms with Crippen LogP contribution in [0.4, 0.5) is 0 Å². The van der Waals surface area contributed by atoms with Gasteiger partial charge in [-0.1, -0.05) is 17.7 Å². The minimum Gasteiger partial charge on any atom is -0.486 e. The van der Waals surface area contributed by atoms with E-state index in [2.05, 4.69) is 23.5 Å². The number of hydrogen-bond donors (Lipinski definition) is 1. The molecule has 3 rings (SSSR count). The van der Waals surface area contributed by atoms with Crippen LogP contribution in [0.2, 0.25) is 0 Å². The molecule has 108 valence electrons. The highest BCUT2D eigenvalue weighted by atomic mass is 16.6. The fraction of sp³-hybridized carbons (Fsp3) is 0.529. The van der Waals surface area contributed by atoms with Crippen LogP contribution >= 0.6 is 0 Å².